The van der Waals surface area contributed by atoms with Crippen molar-refractivity contribution in [2.24, 2.45) is 7.05 Å². The second-order valence-corrected chi connectivity index (χ2v) is 7.92. The molecule has 0 spiro atoms. The summed E-state index contributed by atoms with van der Waals surface area (Å²) in [7, 11) is 0.432. The van der Waals surface area contributed by atoms with Gasteiger partial charge in [0.1, 0.15) is 17.8 Å². The van der Waals surface area contributed by atoms with Crippen LogP contribution in [-0.4, -0.2) is 59.7 Å². The van der Waals surface area contributed by atoms with Crippen molar-refractivity contribution in [2.75, 3.05) is 31.3 Å². The summed E-state index contributed by atoms with van der Waals surface area (Å²) in [4.78, 5) is 10.9. The Morgan fingerprint density at radius 3 is 2.86 bits per heavy atom. The van der Waals surface area contributed by atoms with Gasteiger partial charge in [0.15, 0.2) is 0 Å². The Bertz CT molecular complexity index is 786. The molecule has 0 aliphatic carbocycles. The Morgan fingerprint density at radius 1 is 1.36 bits per heavy atom. The molecule has 1 aliphatic rings. The van der Waals surface area contributed by atoms with Crippen molar-refractivity contribution < 1.29 is 8.42 Å². The second kappa shape index (κ2) is 5.51. The highest BCUT2D eigenvalue weighted by molar-refractivity contribution is 7.88. The number of hydrogen-bond donors (Lipinski definition) is 0. The molecule has 3 rings (SSSR count). The molecule has 0 aromatic carbocycles. The summed E-state index contributed by atoms with van der Waals surface area (Å²) in [5.41, 5.74) is 0.892. The molecule has 8 heteroatoms. The van der Waals surface area contributed by atoms with E-state index in [9.17, 15) is 8.42 Å². The second-order valence-electron chi connectivity index (χ2n) is 5.88. The van der Waals surface area contributed by atoms with E-state index in [-0.39, 0.29) is 6.04 Å². The van der Waals surface area contributed by atoms with Crippen LogP contribution in [0.1, 0.15) is 12.8 Å². The maximum absolute atomic E-state index is 11.8. The summed E-state index contributed by atoms with van der Waals surface area (Å²) < 4.78 is 27.0. The average molecular weight is 323 g/mol. The zero-order valence-corrected chi connectivity index (χ0v) is 13.9. The van der Waals surface area contributed by atoms with Gasteiger partial charge >= 0.3 is 0 Å². The fourth-order valence-corrected chi connectivity index (χ4v) is 3.74. The van der Waals surface area contributed by atoms with E-state index in [0.29, 0.717) is 6.54 Å². The third kappa shape index (κ3) is 2.68. The van der Waals surface area contributed by atoms with Crippen molar-refractivity contribution in [3.8, 4) is 0 Å². The number of hydrogen-bond acceptors (Lipinski definition) is 5. The van der Waals surface area contributed by atoms with Gasteiger partial charge in [-0.1, -0.05) is 0 Å². The number of piperidine rings is 1. The molecule has 0 radical (unpaired) electrons. The molecular weight excluding hydrogens is 302 g/mol. The highest BCUT2D eigenvalue weighted by atomic mass is 32.2. The quantitative estimate of drug-likeness (QED) is 0.836. The predicted molar refractivity (Wildman–Crippen MR) is 86.4 cm³/mol. The number of likely N-dealkylation sites (N-methyl/N-ethyl adjacent to an activating group) is 1. The normalized spacial score (nSPS) is 20.0. The van der Waals surface area contributed by atoms with Crippen molar-refractivity contribution in [2.45, 2.75) is 18.9 Å². The Hall–Kier alpha value is -1.67. The number of nitrogens with zero attached hydrogens (tertiary/aromatic N) is 5. The highest BCUT2D eigenvalue weighted by Crippen LogP contribution is 2.27. The lowest BCUT2D eigenvalue weighted by Crippen LogP contribution is -2.48. The first-order valence-corrected chi connectivity index (χ1v) is 9.17. The minimum absolute atomic E-state index is 0.0162. The van der Waals surface area contributed by atoms with Crippen molar-refractivity contribution in [3.05, 3.63) is 18.6 Å². The first-order valence-electron chi connectivity index (χ1n) is 7.32. The molecule has 1 atom stereocenters. The summed E-state index contributed by atoms with van der Waals surface area (Å²) >= 11 is 0. The molecule has 0 saturated carbocycles. The van der Waals surface area contributed by atoms with E-state index in [0.717, 1.165) is 36.2 Å². The summed E-state index contributed by atoms with van der Waals surface area (Å²) in [6, 6.07) is 1.99. The smallest absolute Gasteiger partial charge is 0.211 e. The van der Waals surface area contributed by atoms with E-state index >= 15 is 0 Å². The fraction of sp³-hybridized carbons (Fsp3) is 0.571. The van der Waals surface area contributed by atoms with Gasteiger partial charge < -0.3 is 9.47 Å². The molecule has 22 heavy (non-hydrogen) atoms. The third-order valence-corrected chi connectivity index (χ3v) is 5.72. The van der Waals surface area contributed by atoms with Crippen molar-refractivity contribution in [3.63, 3.8) is 0 Å². The van der Waals surface area contributed by atoms with Gasteiger partial charge in [-0.25, -0.2) is 22.7 Å². The third-order valence-electron chi connectivity index (χ3n) is 4.37. The minimum Gasteiger partial charge on any atom is -0.354 e. The Kier molecular flexibility index (Phi) is 3.82. The number of anilines is 1. The van der Waals surface area contributed by atoms with E-state index < -0.39 is 10.0 Å². The molecule has 2 aromatic rings. The lowest BCUT2D eigenvalue weighted by molar-refractivity contribution is 0.321. The molecule has 1 fully saturated rings. The Morgan fingerprint density at radius 2 is 2.14 bits per heavy atom. The zero-order valence-electron chi connectivity index (χ0n) is 13.1. The van der Waals surface area contributed by atoms with Gasteiger partial charge in [0.25, 0.3) is 0 Å². The largest absolute Gasteiger partial charge is 0.354 e. The van der Waals surface area contributed by atoms with Crippen LogP contribution in [0.15, 0.2) is 18.6 Å². The summed E-state index contributed by atoms with van der Waals surface area (Å²) in [6.45, 7) is 1.54. The fourth-order valence-electron chi connectivity index (χ4n) is 3.03. The van der Waals surface area contributed by atoms with E-state index in [1.165, 1.54) is 10.6 Å². The SMILES string of the molecule is CN(C1CCCN(c2ncnc3c2ccn3C)C1)S(C)(=O)=O. The molecule has 7 nitrogen and oxygen atoms in total. The topological polar surface area (TPSA) is 71.3 Å². The minimum atomic E-state index is -3.18. The van der Waals surface area contributed by atoms with E-state index in [1.807, 2.05) is 23.9 Å². The van der Waals surface area contributed by atoms with Crippen molar-refractivity contribution in [1.82, 2.24) is 18.8 Å². The molecule has 1 unspecified atom stereocenters. The first-order chi connectivity index (χ1) is 10.4. The standard InChI is InChI=1S/C14H21N5O2S/c1-17-8-6-12-13(17)15-10-16-14(12)19-7-4-5-11(9-19)18(2)22(3,20)21/h6,8,10-11H,4-5,7,9H2,1-3H3. The van der Waals surface area contributed by atoms with Crippen LogP contribution in [-0.2, 0) is 17.1 Å². The van der Waals surface area contributed by atoms with Gasteiger partial charge in [-0.05, 0) is 18.9 Å². The summed E-state index contributed by atoms with van der Waals surface area (Å²) in [6.07, 6.45) is 6.62. The molecule has 1 saturated heterocycles. The van der Waals surface area contributed by atoms with Crippen LogP contribution >= 0.6 is 0 Å². The maximum atomic E-state index is 11.8. The molecule has 0 N–H and O–H groups in total. The molecule has 1 aliphatic heterocycles. The Balaban J connectivity index is 1.91. The summed E-state index contributed by atoms with van der Waals surface area (Å²) in [5, 5.41) is 1.01. The van der Waals surface area contributed by atoms with Gasteiger partial charge in [-0.2, -0.15) is 0 Å². The number of aryl methyl sites for hydroxylation is 1. The monoisotopic (exact) mass is 323 g/mol. The number of rotatable bonds is 3. The number of aromatic nitrogens is 3. The van der Waals surface area contributed by atoms with Crippen LogP contribution in [0.3, 0.4) is 0 Å². The first kappa shape index (κ1) is 15.2. The highest BCUT2D eigenvalue weighted by Gasteiger charge is 2.29. The molecule has 120 valence electrons. The van der Waals surface area contributed by atoms with Crippen LogP contribution in [0.4, 0.5) is 5.82 Å². The van der Waals surface area contributed by atoms with Gasteiger partial charge in [0, 0.05) is 39.4 Å². The Labute approximate surface area is 130 Å². The molecule has 3 heterocycles. The van der Waals surface area contributed by atoms with E-state index in [2.05, 4.69) is 14.9 Å². The number of sulfonamides is 1. The zero-order chi connectivity index (χ0) is 15.9. The van der Waals surface area contributed by atoms with Crippen LogP contribution < -0.4 is 4.90 Å². The van der Waals surface area contributed by atoms with Gasteiger partial charge in [0.05, 0.1) is 11.6 Å². The molecule has 0 bridgehead atoms. The maximum Gasteiger partial charge on any atom is 0.211 e. The van der Waals surface area contributed by atoms with Crippen LogP contribution in [0.5, 0.6) is 0 Å². The van der Waals surface area contributed by atoms with Crippen LogP contribution in [0, 0.1) is 0 Å². The average Bonchev–Trinajstić information content (AvgIpc) is 2.87. The van der Waals surface area contributed by atoms with Crippen LogP contribution in [0.2, 0.25) is 0 Å². The summed E-state index contributed by atoms with van der Waals surface area (Å²) in [5.74, 6) is 0.886. The van der Waals surface area contributed by atoms with Gasteiger partial charge in [-0.15, -0.1) is 0 Å². The van der Waals surface area contributed by atoms with Crippen LogP contribution in [0.25, 0.3) is 11.0 Å². The van der Waals surface area contributed by atoms with Crippen molar-refractivity contribution in [1.29, 1.82) is 0 Å². The lowest BCUT2D eigenvalue weighted by atomic mass is 10.1. The van der Waals surface area contributed by atoms with Gasteiger partial charge in [0.2, 0.25) is 10.0 Å². The van der Waals surface area contributed by atoms with Gasteiger partial charge in [-0.3, -0.25) is 0 Å². The molecule has 0 amide bonds. The van der Waals surface area contributed by atoms with E-state index in [1.54, 1.807) is 13.4 Å². The molecular formula is C14H21N5O2S. The number of fused-ring (bicyclic) bond motifs is 1. The lowest BCUT2D eigenvalue weighted by Gasteiger charge is -2.37. The predicted octanol–water partition coefficient (Wildman–Crippen LogP) is 0.829. The van der Waals surface area contributed by atoms with E-state index in [4.69, 9.17) is 0 Å². The van der Waals surface area contributed by atoms with Crippen molar-refractivity contribution >= 4 is 26.9 Å². The molecule has 2 aromatic heterocycles.